The molecule has 4 N–H and O–H groups in total. The topological polar surface area (TPSA) is 78.3 Å². The van der Waals surface area contributed by atoms with Crippen LogP contribution in [0.25, 0.3) is 0 Å². The minimum Gasteiger partial charge on any atom is -0.449 e. The van der Waals surface area contributed by atoms with Crippen molar-refractivity contribution in [3.63, 3.8) is 0 Å². The van der Waals surface area contributed by atoms with E-state index in [1.807, 2.05) is 0 Å². The molecule has 1 atom stereocenters. The summed E-state index contributed by atoms with van der Waals surface area (Å²) in [5, 5.41) is 0. The van der Waals surface area contributed by atoms with Crippen molar-refractivity contribution in [2.24, 2.45) is 28.2 Å². The van der Waals surface area contributed by atoms with Gasteiger partial charge in [-0.1, -0.05) is 20.8 Å². The zero-order valence-electron chi connectivity index (χ0n) is 12.2. The van der Waals surface area contributed by atoms with Gasteiger partial charge in [-0.15, -0.1) is 0 Å². The summed E-state index contributed by atoms with van der Waals surface area (Å²) in [4.78, 5) is 10.9. The number of ether oxygens (including phenoxy) is 1. The Morgan fingerprint density at radius 3 is 2.22 bits per heavy atom. The summed E-state index contributed by atoms with van der Waals surface area (Å²) in [5.74, 6) is 0.592. The molecule has 1 rings (SSSR count). The van der Waals surface area contributed by atoms with Crippen LogP contribution in [0.5, 0.6) is 0 Å². The van der Waals surface area contributed by atoms with E-state index in [4.69, 9.17) is 16.2 Å². The predicted octanol–water partition coefficient (Wildman–Crippen LogP) is 2.65. The number of rotatable bonds is 3. The zero-order valence-corrected chi connectivity index (χ0v) is 12.2. The van der Waals surface area contributed by atoms with Crippen LogP contribution in [0.1, 0.15) is 53.4 Å². The zero-order chi connectivity index (χ0) is 14.0. The molecule has 0 bridgehead atoms. The molecule has 4 heteroatoms. The lowest BCUT2D eigenvalue weighted by molar-refractivity contribution is -0.0354. The van der Waals surface area contributed by atoms with E-state index in [9.17, 15) is 4.79 Å². The minimum absolute atomic E-state index is 0.0351. The van der Waals surface area contributed by atoms with Gasteiger partial charge in [-0.05, 0) is 43.9 Å². The maximum absolute atomic E-state index is 10.9. The first kappa shape index (κ1) is 15.3. The molecule has 4 nitrogen and oxygen atoms in total. The van der Waals surface area contributed by atoms with Crippen molar-refractivity contribution in [1.82, 2.24) is 0 Å². The smallest absolute Gasteiger partial charge is 0.404 e. The average molecular weight is 256 g/mol. The van der Waals surface area contributed by atoms with Gasteiger partial charge >= 0.3 is 6.09 Å². The van der Waals surface area contributed by atoms with Crippen LogP contribution < -0.4 is 11.5 Å². The van der Waals surface area contributed by atoms with E-state index in [0.717, 1.165) is 25.7 Å². The molecule has 0 aliphatic heterocycles. The Morgan fingerprint density at radius 2 is 1.89 bits per heavy atom. The summed E-state index contributed by atoms with van der Waals surface area (Å²) in [6.45, 7) is 9.14. The molecule has 106 valence electrons. The van der Waals surface area contributed by atoms with E-state index in [1.165, 1.54) is 0 Å². The van der Waals surface area contributed by atoms with Gasteiger partial charge in [0.1, 0.15) is 0 Å². The molecule has 1 amide bonds. The van der Waals surface area contributed by atoms with Crippen LogP contribution in [0, 0.1) is 16.7 Å². The predicted molar refractivity (Wildman–Crippen MR) is 73.0 cm³/mol. The molecule has 18 heavy (non-hydrogen) atoms. The van der Waals surface area contributed by atoms with Crippen LogP contribution in [0.2, 0.25) is 0 Å². The van der Waals surface area contributed by atoms with Gasteiger partial charge in [0.15, 0.2) is 0 Å². The Hall–Kier alpha value is -0.770. The van der Waals surface area contributed by atoms with Crippen molar-refractivity contribution in [3.05, 3.63) is 0 Å². The van der Waals surface area contributed by atoms with Crippen LogP contribution in [-0.4, -0.2) is 18.7 Å². The number of hydrogen-bond donors (Lipinski definition) is 2. The minimum atomic E-state index is -0.673. The van der Waals surface area contributed by atoms with Gasteiger partial charge in [0.25, 0.3) is 0 Å². The first-order valence-corrected chi connectivity index (χ1v) is 6.86. The lowest BCUT2D eigenvalue weighted by atomic mass is 9.57. The van der Waals surface area contributed by atoms with Gasteiger partial charge in [-0.2, -0.15) is 0 Å². The second-order valence-corrected chi connectivity index (χ2v) is 6.83. The van der Waals surface area contributed by atoms with Crippen LogP contribution in [-0.2, 0) is 4.74 Å². The normalized spacial score (nSPS) is 30.8. The molecule has 0 aromatic rings. The highest BCUT2D eigenvalue weighted by atomic mass is 16.5. The molecule has 0 spiro atoms. The summed E-state index contributed by atoms with van der Waals surface area (Å²) in [7, 11) is 0. The van der Waals surface area contributed by atoms with Gasteiger partial charge in [0.05, 0.1) is 6.61 Å². The van der Waals surface area contributed by atoms with Crippen molar-refractivity contribution in [2.45, 2.75) is 59.4 Å². The number of carbonyl (C=O) groups excluding carboxylic acids is 1. The van der Waals surface area contributed by atoms with E-state index in [0.29, 0.717) is 12.5 Å². The molecule has 1 aliphatic rings. The molecule has 0 heterocycles. The third-order valence-electron chi connectivity index (χ3n) is 4.81. The Kier molecular flexibility index (Phi) is 4.65. The van der Waals surface area contributed by atoms with E-state index >= 15 is 0 Å². The van der Waals surface area contributed by atoms with Crippen molar-refractivity contribution in [1.29, 1.82) is 0 Å². The average Bonchev–Trinajstić information content (AvgIpc) is 2.25. The molecule has 0 saturated heterocycles. The van der Waals surface area contributed by atoms with Gasteiger partial charge < -0.3 is 16.2 Å². The molecule has 0 aromatic carbocycles. The lowest BCUT2D eigenvalue weighted by Gasteiger charge is -2.49. The van der Waals surface area contributed by atoms with Crippen molar-refractivity contribution in [2.75, 3.05) is 6.61 Å². The summed E-state index contributed by atoms with van der Waals surface area (Å²) >= 11 is 0. The highest BCUT2D eigenvalue weighted by Crippen LogP contribution is 2.51. The van der Waals surface area contributed by atoms with E-state index in [1.54, 1.807) is 0 Å². The van der Waals surface area contributed by atoms with E-state index in [-0.39, 0.29) is 16.9 Å². The standard InChI is InChI=1S/C14H28N2O2/c1-10(15)11-5-7-14(8-6-11,13(2,3)4)9-18-12(16)17/h10-11H,5-9,15H2,1-4H3,(H2,16,17)/t10-,11?,14?/m0/s1. The van der Waals surface area contributed by atoms with Gasteiger partial charge in [0.2, 0.25) is 0 Å². The van der Waals surface area contributed by atoms with Gasteiger partial charge in [-0.25, -0.2) is 4.79 Å². The van der Waals surface area contributed by atoms with Crippen molar-refractivity contribution < 1.29 is 9.53 Å². The first-order valence-electron chi connectivity index (χ1n) is 6.86. The van der Waals surface area contributed by atoms with Crippen LogP contribution in [0.3, 0.4) is 0 Å². The first-order chi connectivity index (χ1) is 8.18. The molecule has 1 fully saturated rings. The van der Waals surface area contributed by atoms with Crippen LogP contribution >= 0.6 is 0 Å². The Bertz CT molecular complexity index is 287. The molecule has 0 aromatic heterocycles. The maximum Gasteiger partial charge on any atom is 0.404 e. The van der Waals surface area contributed by atoms with E-state index in [2.05, 4.69) is 27.7 Å². The largest absolute Gasteiger partial charge is 0.449 e. The number of primary amides is 1. The molecule has 1 aliphatic carbocycles. The summed E-state index contributed by atoms with van der Waals surface area (Å²) in [6.07, 6.45) is 3.65. The fraction of sp³-hybridized carbons (Fsp3) is 0.929. The Morgan fingerprint density at radius 1 is 1.39 bits per heavy atom. The summed E-state index contributed by atoms with van der Waals surface area (Å²) < 4.78 is 5.11. The molecular weight excluding hydrogens is 228 g/mol. The van der Waals surface area contributed by atoms with Gasteiger partial charge in [0, 0.05) is 11.5 Å². The van der Waals surface area contributed by atoms with Crippen LogP contribution in [0.15, 0.2) is 0 Å². The molecule has 1 saturated carbocycles. The number of carbonyl (C=O) groups is 1. The highest BCUT2D eigenvalue weighted by Gasteiger charge is 2.45. The third kappa shape index (κ3) is 3.37. The Labute approximate surface area is 110 Å². The molecule has 0 radical (unpaired) electrons. The fourth-order valence-corrected chi connectivity index (χ4v) is 3.04. The maximum atomic E-state index is 10.9. The molecule has 0 unspecified atom stereocenters. The summed E-state index contributed by atoms with van der Waals surface area (Å²) in [5.41, 5.74) is 11.2. The number of amides is 1. The third-order valence-corrected chi connectivity index (χ3v) is 4.81. The van der Waals surface area contributed by atoms with Crippen LogP contribution in [0.4, 0.5) is 4.79 Å². The van der Waals surface area contributed by atoms with Gasteiger partial charge in [-0.3, -0.25) is 0 Å². The monoisotopic (exact) mass is 256 g/mol. The van der Waals surface area contributed by atoms with E-state index < -0.39 is 6.09 Å². The summed E-state index contributed by atoms with van der Waals surface area (Å²) in [6, 6.07) is 0.250. The Balaban J connectivity index is 2.74. The number of nitrogens with two attached hydrogens (primary N) is 2. The lowest BCUT2D eigenvalue weighted by Crippen LogP contribution is -2.45. The fourth-order valence-electron chi connectivity index (χ4n) is 3.04. The quantitative estimate of drug-likeness (QED) is 0.814. The molecular formula is C14H28N2O2. The SMILES string of the molecule is C[C@H](N)C1CCC(COC(N)=O)(C(C)(C)C)CC1. The van der Waals surface area contributed by atoms with Crippen molar-refractivity contribution in [3.8, 4) is 0 Å². The highest BCUT2D eigenvalue weighted by molar-refractivity contribution is 5.64. The van der Waals surface area contributed by atoms with Crippen molar-refractivity contribution >= 4 is 6.09 Å². The second-order valence-electron chi connectivity index (χ2n) is 6.83. The number of hydrogen-bond acceptors (Lipinski definition) is 3. The second kappa shape index (κ2) is 5.47.